The molecule has 0 amide bonds. The summed E-state index contributed by atoms with van der Waals surface area (Å²) in [6.45, 7) is 1.25. The molecule has 0 radical (unpaired) electrons. The fraction of sp³-hybridized carbons (Fsp3) is 0.200. The van der Waals surface area contributed by atoms with Crippen molar-refractivity contribution in [2.75, 3.05) is 0 Å². The summed E-state index contributed by atoms with van der Waals surface area (Å²) >= 11 is 0. The molecular weight excluding hydrogens is 219 g/mol. The first kappa shape index (κ1) is 12.0. The molecule has 1 aromatic rings. The highest BCUT2D eigenvalue weighted by molar-refractivity contribution is 5.91. The van der Waals surface area contributed by atoms with Crippen molar-refractivity contribution in [3.05, 3.63) is 29.6 Å². The summed E-state index contributed by atoms with van der Waals surface area (Å²) < 4.78 is 17.6. The van der Waals surface area contributed by atoms with Crippen LogP contribution in [-0.2, 0) is 4.79 Å². The standard InChI is InChI=1S/C10H9FO5/c1-5(9(12)13)16-8-3-2-6(11)4-7(8)10(14)15/h2-5H,1H3,(H,12,13)(H,14,15). The first-order chi connectivity index (χ1) is 7.41. The summed E-state index contributed by atoms with van der Waals surface area (Å²) in [4.78, 5) is 21.2. The average Bonchev–Trinajstić information content (AvgIpc) is 2.20. The number of ether oxygens (including phenoxy) is 1. The van der Waals surface area contributed by atoms with Gasteiger partial charge in [0.1, 0.15) is 17.1 Å². The maximum Gasteiger partial charge on any atom is 0.344 e. The van der Waals surface area contributed by atoms with Crippen molar-refractivity contribution in [3.63, 3.8) is 0 Å². The van der Waals surface area contributed by atoms with Crippen LogP contribution in [0.3, 0.4) is 0 Å². The molecule has 2 N–H and O–H groups in total. The van der Waals surface area contributed by atoms with E-state index in [1.54, 1.807) is 0 Å². The molecule has 1 atom stereocenters. The van der Waals surface area contributed by atoms with Crippen LogP contribution in [0.2, 0.25) is 0 Å². The number of aromatic carboxylic acids is 1. The highest BCUT2D eigenvalue weighted by Crippen LogP contribution is 2.21. The van der Waals surface area contributed by atoms with Crippen LogP contribution < -0.4 is 4.74 Å². The van der Waals surface area contributed by atoms with Gasteiger partial charge in [-0.3, -0.25) is 0 Å². The third-order valence-corrected chi connectivity index (χ3v) is 1.82. The van der Waals surface area contributed by atoms with Crippen LogP contribution in [0.25, 0.3) is 0 Å². The number of rotatable bonds is 4. The second-order valence-corrected chi connectivity index (χ2v) is 3.04. The van der Waals surface area contributed by atoms with Crippen molar-refractivity contribution in [3.8, 4) is 5.75 Å². The molecule has 1 aromatic carbocycles. The Labute approximate surface area is 90.1 Å². The number of halogens is 1. The Morgan fingerprint density at radius 2 is 2.00 bits per heavy atom. The molecule has 6 heteroatoms. The summed E-state index contributed by atoms with van der Waals surface area (Å²) in [5.74, 6) is -3.52. The lowest BCUT2D eigenvalue weighted by Crippen LogP contribution is -2.23. The minimum absolute atomic E-state index is 0.177. The van der Waals surface area contributed by atoms with E-state index in [2.05, 4.69) is 0 Å². The molecule has 1 rings (SSSR count). The zero-order valence-electron chi connectivity index (χ0n) is 8.31. The van der Waals surface area contributed by atoms with E-state index in [1.165, 1.54) is 6.92 Å². The molecule has 0 saturated carbocycles. The van der Waals surface area contributed by atoms with Crippen molar-refractivity contribution >= 4 is 11.9 Å². The highest BCUT2D eigenvalue weighted by Gasteiger charge is 2.18. The molecule has 5 nitrogen and oxygen atoms in total. The van der Waals surface area contributed by atoms with Gasteiger partial charge in [-0.25, -0.2) is 14.0 Å². The normalized spacial score (nSPS) is 11.9. The van der Waals surface area contributed by atoms with E-state index in [4.69, 9.17) is 14.9 Å². The third kappa shape index (κ3) is 2.69. The quantitative estimate of drug-likeness (QED) is 0.813. The fourth-order valence-corrected chi connectivity index (χ4v) is 1.01. The van der Waals surface area contributed by atoms with Gasteiger partial charge in [-0.1, -0.05) is 0 Å². The largest absolute Gasteiger partial charge is 0.479 e. The molecule has 16 heavy (non-hydrogen) atoms. The van der Waals surface area contributed by atoms with E-state index in [9.17, 15) is 14.0 Å². The highest BCUT2D eigenvalue weighted by atomic mass is 19.1. The topological polar surface area (TPSA) is 83.8 Å². The van der Waals surface area contributed by atoms with Crippen LogP contribution >= 0.6 is 0 Å². The summed E-state index contributed by atoms with van der Waals surface area (Å²) in [5, 5.41) is 17.3. The minimum atomic E-state index is -1.38. The van der Waals surface area contributed by atoms with Crippen LogP contribution in [0.5, 0.6) is 5.75 Å². The molecule has 0 aliphatic rings. The molecule has 0 bridgehead atoms. The van der Waals surface area contributed by atoms with E-state index in [-0.39, 0.29) is 5.75 Å². The van der Waals surface area contributed by atoms with Gasteiger partial charge in [-0.15, -0.1) is 0 Å². The second-order valence-electron chi connectivity index (χ2n) is 3.04. The van der Waals surface area contributed by atoms with E-state index in [1.807, 2.05) is 0 Å². The van der Waals surface area contributed by atoms with Crippen LogP contribution in [-0.4, -0.2) is 28.3 Å². The number of benzene rings is 1. The molecule has 0 aliphatic heterocycles. The Morgan fingerprint density at radius 3 is 2.50 bits per heavy atom. The van der Waals surface area contributed by atoms with Gasteiger partial charge in [-0.2, -0.15) is 0 Å². The zero-order valence-corrected chi connectivity index (χ0v) is 8.31. The molecule has 0 aromatic heterocycles. The molecular formula is C10H9FO5. The van der Waals surface area contributed by atoms with Gasteiger partial charge in [0.2, 0.25) is 0 Å². The zero-order chi connectivity index (χ0) is 12.3. The molecule has 0 saturated heterocycles. The molecule has 0 fully saturated rings. The second kappa shape index (κ2) is 4.61. The number of carbonyl (C=O) groups is 2. The SMILES string of the molecule is CC(Oc1ccc(F)cc1C(=O)O)C(=O)O. The number of carboxylic acids is 2. The van der Waals surface area contributed by atoms with Gasteiger partial charge in [-0.05, 0) is 25.1 Å². The third-order valence-electron chi connectivity index (χ3n) is 1.82. The Hall–Kier alpha value is -2.11. The maximum absolute atomic E-state index is 12.8. The van der Waals surface area contributed by atoms with Crippen molar-refractivity contribution < 1.29 is 28.9 Å². The molecule has 0 heterocycles. The smallest absolute Gasteiger partial charge is 0.344 e. The van der Waals surface area contributed by atoms with E-state index >= 15 is 0 Å². The molecule has 0 spiro atoms. The Bertz CT molecular complexity index is 429. The summed E-state index contributed by atoms with van der Waals surface area (Å²) in [6, 6.07) is 2.85. The predicted octanol–water partition coefficient (Wildman–Crippen LogP) is 1.38. The lowest BCUT2D eigenvalue weighted by molar-refractivity contribution is -0.144. The first-order valence-electron chi connectivity index (χ1n) is 4.34. The fourth-order valence-electron chi connectivity index (χ4n) is 1.01. The van der Waals surface area contributed by atoms with Gasteiger partial charge in [0.05, 0.1) is 0 Å². The van der Waals surface area contributed by atoms with Crippen molar-refractivity contribution in [1.29, 1.82) is 0 Å². The van der Waals surface area contributed by atoms with Gasteiger partial charge in [0.15, 0.2) is 6.10 Å². The monoisotopic (exact) mass is 228 g/mol. The summed E-state index contributed by atoms with van der Waals surface area (Å²) in [5.41, 5.74) is -0.409. The van der Waals surface area contributed by atoms with E-state index in [0.29, 0.717) is 0 Å². The molecule has 86 valence electrons. The van der Waals surface area contributed by atoms with Crippen LogP contribution in [0.15, 0.2) is 18.2 Å². The summed E-state index contributed by atoms with van der Waals surface area (Å²) in [6.07, 6.45) is -1.21. The Balaban J connectivity index is 3.04. The van der Waals surface area contributed by atoms with Crippen molar-refractivity contribution in [2.24, 2.45) is 0 Å². The van der Waals surface area contributed by atoms with Crippen LogP contribution in [0.4, 0.5) is 4.39 Å². The Morgan fingerprint density at radius 1 is 1.38 bits per heavy atom. The number of carboxylic acid groups (broad SMARTS) is 2. The molecule has 1 unspecified atom stereocenters. The van der Waals surface area contributed by atoms with Gasteiger partial charge in [0, 0.05) is 0 Å². The lowest BCUT2D eigenvalue weighted by Gasteiger charge is -2.12. The molecule has 0 aliphatic carbocycles. The lowest BCUT2D eigenvalue weighted by atomic mass is 10.2. The van der Waals surface area contributed by atoms with Gasteiger partial charge >= 0.3 is 11.9 Å². The predicted molar refractivity (Wildman–Crippen MR) is 51.1 cm³/mol. The van der Waals surface area contributed by atoms with Crippen LogP contribution in [0, 0.1) is 5.82 Å². The van der Waals surface area contributed by atoms with Crippen molar-refractivity contribution in [1.82, 2.24) is 0 Å². The first-order valence-corrected chi connectivity index (χ1v) is 4.34. The minimum Gasteiger partial charge on any atom is -0.479 e. The van der Waals surface area contributed by atoms with Crippen LogP contribution in [0.1, 0.15) is 17.3 Å². The van der Waals surface area contributed by atoms with E-state index in [0.717, 1.165) is 18.2 Å². The van der Waals surface area contributed by atoms with E-state index < -0.39 is 29.4 Å². The van der Waals surface area contributed by atoms with Gasteiger partial charge in [0.25, 0.3) is 0 Å². The number of hydrogen-bond acceptors (Lipinski definition) is 3. The van der Waals surface area contributed by atoms with Crippen molar-refractivity contribution in [2.45, 2.75) is 13.0 Å². The Kier molecular flexibility index (Phi) is 3.44. The van der Waals surface area contributed by atoms with Gasteiger partial charge < -0.3 is 14.9 Å². The maximum atomic E-state index is 12.8. The number of aliphatic carboxylic acids is 1. The number of hydrogen-bond donors (Lipinski definition) is 2. The average molecular weight is 228 g/mol. The summed E-state index contributed by atoms with van der Waals surface area (Å²) in [7, 11) is 0.